The molecule has 0 spiro atoms. The summed E-state index contributed by atoms with van der Waals surface area (Å²) in [4.78, 5) is 32.0. The summed E-state index contributed by atoms with van der Waals surface area (Å²) in [5, 5.41) is 2.95. The Morgan fingerprint density at radius 1 is 1.43 bits per heavy atom. The van der Waals surface area contributed by atoms with E-state index in [0.717, 1.165) is 24.5 Å². The minimum absolute atomic E-state index is 0.0283. The van der Waals surface area contributed by atoms with Gasteiger partial charge in [-0.2, -0.15) is 0 Å². The zero-order valence-electron chi connectivity index (χ0n) is 13.3. The lowest BCUT2D eigenvalue weighted by molar-refractivity contribution is -0.128. The van der Waals surface area contributed by atoms with Gasteiger partial charge in [0.1, 0.15) is 5.82 Å². The van der Waals surface area contributed by atoms with Crippen LogP contribution in [0.2, 0.25) is 0 Å². The molecular formula is C16H22N4O3. The van der Waals surface area contributed by atoms with Gasteiger partial charge in [-0.15, -0.1) is 0 Å². The van der Waals surface area contributed by atoms with E-state index in [1.165, 1.54) is 0 Å². The minimum atomic E-state index is -0.254. The zero-order chi connectivity index (χ0) is 16.2. The number of nitrogens with zero attached hydrogens (tertiary/aromatic N) is 3. The molecule has 3 rings (SSSR count). The van der Waals surface area contributed by atoms with Crippen LogP contribution >= 0.6 is 0 Å². The number of hydrogen-bond donors (Lipinski definition) is 1. The molecule has 7 heteroatoms. The summed E-state index contributed by atoms with van der Waals surface area (Å²) in [6.07, 6.45) is 2.06. The SMILES string of the molecule is CN1CC(C(=O)NCc2cccnc2N2CCOCC2)CC1=O. The minimum Gasteiger partial charge on any atom is -0.378 e. The number of aromatic nitrogens is 1. The highest BCUT2D eigenvalue weighted by Gasteiger charge is 2.32. The predicted molar refractivity (Wildman–Crippen MR) is 84.9 cm³/mol. The molecule has 1 aromatic rings. The second-order valence-electron chi connectivity index (χ2n) is 5.98. The summed E-state index contributed by atoms with van der Waals surface area (Å²) in [7, 11) is 1.73. The smallest absolute Gasteiger partial charge is 0.225 e. The van der Waals surface area contributed by atoms with Crippen LogP contribution in [-0.2, 0) is 20.9 Å². The van der Waals surface area contributed by atoms with Gasteiger partial charge >= 0.3 is 0 Å². The Morgan fingerprint density at radius 3 is 2.91 bits per heavy atom. The third kappa shape index (κ3) is 3.61. The molecule has 1 unspecified atom stereocenters. The third-order valence-electron chi connectivity index (χ3n) is 4.34. The number of likely N-dealkylation sites (tertiary alicyclic amines) is 1. The number of nitrogens with one attached hydrogen (secondary N) is 1. The molecule has 124 valence electrons. The van der Waals surface area contributed by atoms with Crippen LogP contribution in [0.4, 0.5) is 5.82 Å². The van der Waals surface area contributed by atoms with Crippen molar-refractivity contribution in [3.8, 4) is 0 Å². The Balaban J connectivity index is 1.62. The highest BCUT2D eigenvalue weighted by Crippen LogP contribution is 2.19. The molecule has 2 aliphatic heterocycles. The van der Waals surface area contributed by atoms with Crippen molar-refractivity contribution in [3.05, 3.63) is 23.9 Å². The van der Waals surface area contributed by atoms with Gasteiger partial charge < -0.3 is 19.9 Å². The largest absolute Gasteiger partial charge is 0.378 e. The van der Waals surface area contributed by atoms with Crippen LogP contribution in [-0.4, -0.2) is 61.6 Å². The summed E-state index contributed by atoms with van der Waals surface area (Å²) in [6, 6.07) is 3.85. The first-order valence-corrected chi connectivity index (χ1v) is 7.93. The first-order chi connectivity index (χ1) is 11.1. The Kier molecular flexibility index (Phi) is 4.76. The van der Waals surface area contributed by atoms with E-state index in [1.54, 1.807) is 18.1 Å². The number of hydrogen-bond acceptors (Lipinski definition) is 5. The van der Waals surface area contributed by atoms with E-state index in [0.29, 0.717) is 32.7 Å². The zero-order valence-corrected chi connectivity index (χ0v) is 13.3. The fourth-order valence-corrected chi connectivity index (χ4v) is 2.99. The number of carbonyl (C=O) groups excluding carboxylic acids is 2. The highest BCUT2D eigenvalue weighted by molar-refractivity contribution is 5.89. The van der Waals surface area contributed by atoms with Gasteiger partial charge in [-0.25, -0.2) is 4.98 Å². The number of rotatable bonds is 4. The van der Waals surface area contributed by atoms with Gasteiger partial charge in [0.05, 0.1) is 19.1 Å². The van der Waals surface area contributed by atoms with Crippen LogP contribution in [0.3, 0.4) is 0 Å². The molecule has 3 heterocycles. The standard InChI is InChI=1S/C16H22N4O3/c1-19-11-13(9-14(19)21)16(22)18-10-12-3-2-4-17-15(12)20-5-7-23-8-6-20/h2-4,13H,5-11H2,1H3,(H,18,22). The molecule has 0 radical (unpaired) electrons. The molecule has 0 aliphatic carbocycles. The lowest BCUT2D eigenvalue weighted by Gasteiger charge is -2.29. The van der Waals surface area contributed by atoms with Crippen molar-refractivity contribution < 1.29 is 14.3 Å². The quantitative estimate of drug-likeness (QED) is 0.847. The van der Waals surface area contributed by atoms with Crippen molar-refractivity contribution in [2.45, 2.75) is 13.0 Å². The maximum absolute atomic E-state index is 12.3. The van der Waals surface area contributed by atoms with Crippen LogP contribution in [0.25, 0.3) is 0 Å². The van der Waals surface area contributed by atoms with E-state index in [1.807, 2.05) is 12.1 Å². The first kappa shape index (κ1) is 15.7. The van der Waals surface area contributed by atoms with Gasteiger partial charge in [-0.05, 0) is 6.07 Å². The lowest BCUT2D eigenvalue weighted by atomic mass is 10.1. The number of amides is 2. The molecule has 2 amide bonds. The van der Waals surface area contributed by atoms with Gasteiger partial charge in [0, 0.05) is 51.4 Å². The van der Waals surface area contributed by atoms with Crippen molar-refractivity contribution in [3.63, 3.8) is 0 Å². The predicted octanol–water partition coefficient (Wildman–Crippen LogP) is 0.0127. The Morgan fingerprint density at radius 2 is 2.22 bits per heavy atom. The molecule has 1 atom stereocenters. The summed E-state index contributed by atoms with van der Waals surface area (Å²) in [6.45, 7) is 3.92. The van der Waals surface area contributed by atoms with Crippen molar-refractivity contribution >= 4 is 17.6 Å². The molecule has 1 aromatic heterocycles. The van der Waals surface area contributed by atoms with Gasteiger partial charge in [-0.1, -0.05) is 6.07 Å². The van der Waals surface area contributed by atoms with E-state index < -0.39 is 0 Å². The average Bonchev–Trinajstić information content (AvgIpc) is 2.93. The lowest BCUT2D eigenvalue weighted by Crippen LogP contribution is -2.38. The summed E-state index contributed by atoms with van der Waals surface area (Å²) >= 11 is 0. The van der Waals surface area contributed by atoms with E-state index in [-0.39, 0.29) is 17.7 Å². The number of pyridine rings is 1. The fourth-order valence-electron chi connectivity index (χ4n) is 2.99. The van der Waals surface area contributed by atoms with Crippen molar-refractivity contribution in [1.29, 1.82) is 0 Å². The Hall–Kier alpha value is -2.15. The van der Waals surface area contributed by atoms with E-state index in [9.17, 15) is 9.59 Å². The maximum Gasteiger partial charge on any atom is 0.225 e. The van der Waals surface area contributed by atoms with Crippen LogP contribution in [0.15, 0.2) is 18.3 Å². The van der Waals surface area contributed by atoms with Crippen LogP contribution in [0.1, 0.15) is 12.0 Å². The molecule has 2 saturated heterocycles. The number of anilines is 1. The monoisotopic (exact) mass is 318 g/mol. The molecule has 2 aliphatic rings. The maximum atomic E-state index is 12.3. The van der Waals surface area contributed by atoms with Crippen molar-refractivity contribution in [2.24, 2.45) is 5.92 Å². The van der Waals surface area contributed by atoms with Gasteiger partial charge in [-0.3, -0.25) is 9.59 Å². The molecule has 0 saturated carbocycles. The number of carbonyl (C=O) groups is 2. The molecule has 1 N–H and O–H groups in total. The Labute approximate surface area is 135 Å². The fraction of sp³-hybridized carbons (Fsp3) is 0.562. The normalized spacial score (nSPS) is 21.6. The molecule has 23 heavy (non-hydrogen) atoms. The molecule has 0 aromatic carbocycles. The summed E-state index contributed by atoms with van der Waals surface area (Å²) < 4.78 is 5.37. The van der Waals surface area contributed by atoms with Gasteiger partial charge in [0.15, 0.2) is 0 Å². The van der Waals surface area contributed by atoms with Crippen molar-refractivity contribution in [1.82, 2.24) is 15.2 Å². The van der Waals surface area contributed by atoms with Crippen molar-refractivity contribution in [2.75, 3.05) is 44.8 Å². The molecule has 2 fully saturated rings. The molecule has 7 nitrogen and oxygen atoms in total. The van der Waals surface area contributed by atoms with Crippen LogP contribution in [0.5, 0.6) is 0 Å². The second kappa shape index (κ2) is 6.95. The summed E-state index contributed by atoms with van der Waals surface area (Å²) in [5.74, 6) is 0.603. The third-order valence-corrected chi connectivity index (χ3v) is 4.34. The average molecular weight is 318 g/mol. The van der Waals surface area contributed by atoms with Crippen LogP contribution < -0.4 is 10.2 Å². The first-order valence-electron chi connectivity index (χ1n) is 7.93. The topological polar surface area (TPSA) is 74.8 Å². The van der Waals surface area contributed by atoms with E-state index in [2.05, 4.69) is 15.2 Å². The molecule has 0 bridgehead atoms. The summed E-state index contributed by atoms with van der Waals surface area (Å²) in [5.41, 5.74) is 0.987. The van der Waals surface area contributed by atoms with Gasteiger partial charge in [0.25, 0.3) is 0 Å². The van der Waals surface area contributed by atoms with Crippen LogP contribution in [0, 0.1) is 5.92 Å². The Bertz CT molecular complexity index is 586. The number of ether oxygens (including phenoxy) is 1. The van der Waals surface area contributed by atoms with Gasteiger partial charge in [0.2, 0.25) is 11.8 Å². The second-order valence-corrected chi connectivity index (χ2v) is 5.98. The number of morpholine rings is 1. The van der Waals surface area contributed by atoms with E-state index >= 15 is 0 Å². The highest BCUT2D eigenvalue weighted by atomic mass is 16.5. The molecular weight excluding hydrogens is 296 g/mol. The van der Waals surface area contributed by atoms with E-state index in [4.69, 9.17) is 4.74 Å².